The van der Waals surface area contributed by atoms with Crippen LogP contribution in [0.5, 0.6) is 0 Å². The summed E-state index contributed by atoms with van der Waals surface area (Å²) in [6, 6.07) is 6.63. The maximum atomic E-state index is 12.0. The van der Waals surface area contributed by atoms with Crippen molar-refractivity contribution in [2.45, 2.75) is 33.4 Å². The molecular formula is C15H22N2O3. The highest BCUT2D eigenvalue weighted by atomic mass is 16.6. The number of amides is 1. The van der Waals surface area contributed by atoms with Crippen LogP contribution in [0, 0.1) is 5.92 Å². The molecule has 0 saturated carbocycles. The minimum Gasteiger partial charge on any atom is -0.445 e. The Morgan fingerprint density at radius 2 is 1.80 bits per heavy atom. The van der Waals surface area contributed by atoms with E-state index in [1.807, 2.05) is 13.8 Å². The molecule has 1 atom stereocenters. The van der Waals surface area contributed by atoms with E-state index in [4.69, 9.17) is 10.5 Å². The molecule has 0 bridgehead atoms. The van der Waals surface area contributed by atoms with E-state index >= 15 is 0 Å². The molecule has 20 heavy (non-hydrogen) atoms. The predicted molar refractivity (Wildman–Crippen MR) is 78.1 cm³/mol. The van der Waals surface area contributed by atoms with E-state index in [0.29, 0.717) is 5.69 Å². The van der Waals surface area contributed by atoms with Crippen LogP contribution in [-0.2, 0) is 16.1 Å². The molecule has 0 aromatic heterocycles. The number of hydrogen-bond acceptors (Lipinski definition) is 4. The molecule has 0 aliphatic heterocycles. The number of Topliss-reactive ketones (excluding diaryl/α,β-unsaturated/α-hetero) is 1. The molecule has 0 saturated heterocycles. The Morgan fingerprint density at radius 1 is 1.25 bits per heavy atom. The van der Waals surface area contributed by atoms with Crippen molar-refractivity contribution in [3.8, 4) is 0 Å². The first kappa shape index (κ1) is 16.0. The molecule has 1 aromatic rings. The van der Waals surface area contributed by atoms with Gasteiger partial charge in [-0.2, -0.15) is 0 Å². The number of ketones is 1. The third-order valence-corrected chi connectivity index (χ3v) is 3.10. The number of benzene rings is 1. The van der Waals surface area contributed by atoms with Crippen LogP contribution in [0.4, 0.5) is 10.5 Å². The van der Waals surface area contributed by atoms with Crippen molar-refractivity contribution in [1.82, 2.24) is 4.90 Å². The third-order valence-electron chi connectivity index (χ3n) is 3.10. The Labute approximate surface area is 119 Å². The van der Waals surface area contributed by atoms with Gasteiger partial charge < -0.3 is 15.4 Å². The van der Waals surface area contributed by atoms with Crippen molar-refractivity contribution < 1.29 is 14.3 Å². The summed E-state index contributed by atoms with van der Waals surface area (Å²) in [6.07, 6.45) is -0.504. The SMILES string of the molecule is CC(=O)[C@@H](C(C)C)N(C)C(=O)OCc1ccc(N)cc1. The molecule has 2 N–H and O–H groups in total. The van der Waals surface area contributed by atoms with E-state index in [9.17, 15) is 9.59 Å². The maximum Gasteiger partial charge on any atom is 0.410 e. The van der Waals surface area contributed by atoms with Crippen LogP contribution in [0.1, 0.15) is 26.3 Å². The summed E-state index contributed by atoms with van der Waals surface area (Å²) in [5, 5.41) is 0. The van der Waals surface area contributed by atoms with Crippen molar-refractivity contribution in [2.24, 2.45) is 5.92 Å². The zero-order valence-electron chi connectivity index (χ0n) is 12.4. The third kappa shape index (κ3) is 4.26. The number of nitrogen functional groups attached to an aromatic ring is 1. The minimum absolute atomic E-state index is 0.0431. The largest absolute Gasteiger partial charge is 0.445 e. The molecule has 0 spiro atoms. The van der Waals surface area contributed by atoms with Crippen LogP contribution < -0.4 is 5.73 Å². The number of rotatable bonds is 5. The molecule has 0 heterocycles. The molecule has 0 aliphatic rings. The first-order valence-electron chi connectivity index (χ1n) is 6.57. The van der Waals surface area contributed by atoms with Crippen LogP contribution in [0.15, 0.2) is 24.3 Å². The van der Waals surface area contributed by atoms with Crippen LogP contribution in [0.25, 0.3) is 0 Å². The summed E-state index contributed by atoms with van der Waals surface area (Å²) in [5.41, 5.74) is 7.10. The zero-order valence-corrected chi connectivity index (χ0v) is 12.4. The number of anilines is 1. The Bertz CT molecular complexity index is 469. The summed E-state index contributed by atoms with van der Waals surface area (Å²) in [6.45, 7) is 5.44. The quantitative estimate of drug-likeness (QED) is 0.840. The molecule has 110 valence electrons. The number of hydrogen-bond donors (Lipinski definition) is 1. The second-order valence-corrected chi connectivity index (χ2v) is 5.21. The zero-order chi connectivity index (χ0) is 15.3. The van der Waals surface area contributed by atoms with Crippen LogP contribution >= 0.6 is 0 Å². The summed E-state index contributed by atoms with van der Waals surface area (Å²) in [5.74, 6) is -0.00601. The lowest BCUT2D eigenvalue weighted by molar-refractivity contribution is -0.122. The molecule has 0 aliphatic carbocycles. The summed E-state index contributed by atoms with van der Waals surface area (Å²) in [7, 11) is 1.58. The number of nitrogens with zero attached hydrogens (tertiary/aromatic N) is 1. The maximum absolute atomic E-state index is 12.0. The van der Waals surface area contributed by atoms with E-state index < -0.39 is 12.1 Å². The molecule has 0 radical (unpaired) electrons. The van der Waals surface area contributed by atoms with Crippen molar-refractivity contribution in [2.75, 3.05) is 12.8 Å². The predicted octanol–water partition coefficient (Wildman–Crippen LogP) is 2.45. The van der Waals surface area contributed by atoms with E-state index in [0.717, 1.165) is 5.56 Å². The topological polar surface area (TPSA) is 72.6 Å². The average Bonchev–Trinajstić information content (AvgIpc) is 2.36. The van der Waals surface area contributed by atoms with Crippen molar-refractivity contribution in [3.63, 3.8) is 0 Å². The van der Waals surface area contributed by atoms with E-state index in [1.165, 1.54) is 11.8 Å². The Hall–Kier alpha value is -2.04. The monoisotopic (exact) mass is 278 g/mol. The van der Waals surface area contributed by atoms with Gasteiger partial charge in [0, 0.05) is 12.7 Å². The van der Waals surface area contributed by atoms with Crippen LogP contribution in [0.3, 0.4) is 0 Å². The lowest BCUT2D eigenvalue weighted by atomic mass is 10.00. The molecule has 0 fully saturated rings. The fourth-order valence-corrected chi connectivity index (χ4v) is 2.16. The highest BCUT2D eigenvalue weighted by Crippen LogP contribution is 2.13. The normalized spacial score (nSPS) is 12.1. The van der Waals surface area contributed by atoms with Gasteiger partial charge in [-0.15, -0.1) is 0 Å². The summed E-state index contributed by atoms with van der Waals surface area (Å²) >= 11 is 0. The lowest BCUT2D eigenvalue weighted by Gasteiger charge is -2.28. The molecule has 5 nitrogen and oxygen atoms in total. The fourth-order valence-electron chi connectivity index (χ4n) is 2.16. The number of likely N-dealkylation sites (N-methyl/N-ethyl adjacent to an activating group) is 1. The van der Waals surface area contributed by atoms with Crippen molar-refractivity contribution in [3.05, 3.63) is 29.8 Å². The van der Waals surface area contributed by atoms with E-state index in [-0.39, 0.29) is 18.3 Å². The first-order chi connectivity index (χ1) is 9.32. The molecule has 1 amide bonds. The second kappa shape index (κ2) is 6.93. The van der Waals surface area contributed by atoms with Crippen LogP contribution in [-0.4, -0.2) is 29.9 Å². The highest BCUT2D eigenvalue weighted by Gasteiger charge is 2.27. The molecule has 1 aromatic carbocycles. The van der Waals surface area contributed by atoms with E-state index in [2.05, 4.69) is 0 Å². The van der Waals surface area contributed by atoms with Gasteiger partial charge in [0.1, 0.15) is 6.61 Å². The van der Waals surface area contributed by atoms with Gasteiger partial charge in [0.15, 0.2) is 5.78 Å². The number of carbonyl (C=O) groups excluding carboxylic acids is 2. The molecule has 0 unspecified atom stereocenters. The van der Waals surface area contributed by atoms with Gasteiger partial charge in [0.05, 0.1) is 6.04 Å². The summed E-state index contributed by atoms with van der Waals surface area (Å²) < 4.78 is 5.20. The Morgan fingerprint density at radius 3 is 2.25 bits per heavy atom. The minimum atomic E-state index is -0.504. The number of nitrogens with two attached hydrogens (primary N) is 1. The molecular weight excluding hydrogens is 256 g/mol. The lowest BCUT2D eigenvalue weighted by Crippen LogP contribution is -2.45. The average molecular weight is 278 g/mol. The first-order valence-corrected chi connectivity index (χ1v) is 6.57. The van der Waals surface area contributed by atoms with Gasteiger partial charge in [-0.25, -0.2) is 4.79 Å². The van der Waals surface area contributed by atoms with Crippen LogP contribution in [0.2, 0.25) is 0 Å². The van der Waals surface area contributed by atoms with Gasteiger partial charge >= 0.3 is 6.09 Å². The standard InChI is InChI=1S/C15H22N2O3/c1-10(2)14(11(3)18)17(4)15(19)20-9-12-5-7-13(16)8-6-12/h5-8,10,14H,9,16H2,1-4H3/t14-/m1/s1. The van der Waals surface area contributed by atoms with Crippen molar-refractivity contribution >= 4 is 17.6 Å². The summed E-state index contributed by atoms with van der Waals surface area (Å²) in [4.78, 5) is 24.9. The van der Waals surface area contributed by atoms with Crippen molar-refractivity contribution in [1.29, 1.82) is 0 Å². The van der Waals surface area contributed by atoms with E-state index in [1.54, 1.807) is 31.3 Å². The Balaban J connectivity index is 2.61. The fraction of sp³-hybridized carbons (Fsp3) is 0.467. The number of ether oxygens (including phenoxy) is 1. The highest BCUT2D eigenvalue weighted by molar-refractivity contribution is 5.85. The van der Waals surface area contributed by atoms with Gasteiger partial charge in [0.25, 0.3) is 0 Å². The van der Waals surface area contributed by atoms with Gasteiger partial charge in [-0.05, 0) is 30.5 Å². The van der Waals surface area contributed by atoms with Gasteiger partial charge in [0.2, 0.25) is 0 Å². The smallest absolute Gasteiger partial charge is 0.410 e. The molecule has 5 heteroatoms. The van der Waals surface area contributed by atoms with Gasteiger partial charge in [-0.3, -0.25) is 4.79 Å². The molecule has 1 rings (SSSR count). The number of carbonyl (C=O) groups is 2. The van der Waals surface area contributed by atoms with Gasteiger partial charge in [-0.1, -0.05) is 26.0 Å². The Kier molecular flexibility index (Phi) is 5.55. The second-order valence-electron chi connectivity index (χ2n) is 5.21.